The lowest BCUT2D eigenvalue weighted by Crippen LogP contribution is -2.22. The molecular weight excluding hydrogens is 406 g/mol. The zero-order valence-electron chi connectivity index (χ0n) is 17.0. The molecule has 5 nitrogen and oxygen atoms in total. The average Bonchev–Trinajstić information content (AvgIpc) is 3.39. The Labute approximate surface area is 184 Å². The number of nitrogens with one attached hydrogen (secondary N) is 2. The fraction of sp³-hybridized carbons (Fsp3) is 0.120. The quantitative estimate of drug-likeness (QED) is 0.422. The summed E-state index contributed by atoms with van der Waals surface area (Å²) in [6.07, 6.45) is 2.01. The van der Waals surface area contributed by atoms with Crippen LogP contribution in [0.15, 0.2) is 78.3 Å². The van der Waals surface area contributed by atoms with Gasteiger partial charge in [-0.25, -0.2) is 0 Å². The number of thiophene rings is 1. The van der Waals surface area contributed by atoms with Gasteiger partial charge in [0.15, 0.2) is 5.78 Å². The zero-order valence-corrected chi connectivity index (χ0v) is 17.8. The number of carbonyl (C=O) groups excluding carboxylic acids is 2. The van der Waals surface area contributed by atoms with E-state index in [0.717, 1.165) is 22.8 Å². The number of nitrogens with zero attached hydrogens (tertiary/aromatic N) is 1. The lowest BCUT2D eigenvalue weighted by Gasteiger charge is -2.17. The van der Waals surface area contributed by atoms with Crippen molar-refractivity contribution in [3.05, 3.63) is 106 Å². The summed E-state index contributed by atoms with van der Waals surface area (Å²) in [6.45, 7) is 2.66. The Morgan fingerprint density at radius 2 is 1.84 bits per heavy atom. The number of benzene rings is 2. The SMILES string of the molecule is Cc1ccccc1C(=O)Nc1ccc(C(=O)C2Nc3sccc3Cn3cccc32)cc1. The number of hydrogen-bond acceptors (Lipinski definition) is 4. The van der Waals surface area contributed by atoms with Gasteiger partial charge in [0.1, 0.15) is 6.04 Å². The average molecular weight is 428 g/mol. The Kier molecular flexibility index (Phi) is 4.92. The van der Waals surface area contributed by atoms with E-state index in [1.807, 2.05) is 48.8 Å². The number of aryl methyl sites for hydroxylation is 1. The number of Topliss-reactive ketones (excluding diaryl/α,β-unsaturated/α-hetero) is 1. The fourth-order valence-corrected chi connectivity index (χ4v) is 4.76. The molecule has 0 bridgehead atoms. The van der Waals surface area contributed by atoms with Gasteiger partial charge >= 0.3 is 0 Å². The van der Waals surface area contributed by atoms with Crippen molar-refractivity contribution in [2.24, 2.45) is 0 Å². The third kappa shape index (κ3) is 3.66. The van der Waals surface area contributed by atoms with E-state index in [4.69, 9.17) is 0 Å². The van der Waals surface area contributed by atoms with E-state index in [1.54, 1.807) is 41.7 Å². The van der Waals surface area contributed by atoms with Crippen LogP contribution in [0.5, 0.6) is 0 Å². The molecule has 2 aromatic heterocycles. The second kappa shape index (κ2) is 7.89. The molecule has 3 heterocycles. The number of amides is 1. The van der Waals surface area contributed by atoms with Crippen molar-refractivity contribution in [3.8, 4) is 0 Å². The number of aromatic nitrogens is 1. The smallest absolute Gasteiger partial charge is 0.255 e. The summed E-state index contributed by atoms with van der Waals surface area (Å²) in [6, 6.07) is 20.1. The van der Waals surface area contributed by atoms with Crippen LogP contribution in [0, 0.1) is 6.92 Å². The Balaban J connectivity index is 1.37. The van der Waals surface area contributed by atoms with Crippen molar-refractivity contribution >= 4 is 33.7 Å². The first kappa shape index (κ1) is 19.3. The molecule has 0 radical (unpaired) electrons. The number of fused-ring (bicyclic) bond motifs is 2. The summed E-state index contributed by atoms with van der Waals surface area (Å²) in [4.78, 5) is 25.9. The van der Waals surface area contributed by atoms with Gasteiger partial charge in [0.2, 0.25) is 0 Å². The van der Waals surface area contributed by atoms with Crippen LogP contribution in [-0.4, -0.2) is 16.3 Å². The Bertz CT molecular complexity index is 1270. The van der Waals surface area contributed by atoms with Crippen LogP contribution < -0.4 is 10.6 Å². The predicted octanol–water partition coefficient (Wildman–Crippen LogP) is 5.51. The highest BCUT2D eigenvalue weighted by Crippen LogP contribution is 2.34. The molecule has 5 rings (SSSR count). The Hall–Kier alpha value is -3.64. The van der Waals surface area contributed by atoms with Crippen molar-refractivity contribution in [1.29, 1.82) is 0 Å². The molecule has 0 spiro atoms. The van der Waals surface area contributed by atoms with E-state index in [2.05, 4.69) is 21.3 Å². The van der Waals surface area contributed by atoms with Crippen LogP contribution in [0.25, 0.3) is 0 Å². The number of ketones is 1. The van der Waals surface area contributed by atoms with E-state index in [9.17, 15) is 9.59 Å². The molecule has 1 atom stereocenters. The number of anilines is 2. The molecule has 1 aliphatic heterocycles. The molecule has 1 unspecified atom stereocenters. The van der Waals surface area contributed by atoms with Crippen LogP contribution in [0.2, 0.25) is 0 Å². The maximum absolute atomic E-state index is 13.4. The van der Waals surface area contributed by atoms with Crippen LogP contribution in [0.3, 0.4) is 0 Å². The zero-order chi connectivity index (χ0) is 21.4. The normalized spacial score (nSPS) is 14.7. The van der Waals surface area contributed by atoms with E-state index >= 15 is 0 Å². The van der Waals surface area contributed by atoms with Gasteiger partial charge in [-0.2, -0.15) is 0 Å². The highest BCUT2D eigenvalue weighted by atomic mass is 32.1. The Morgan fingerprint density at radius 1 is 1.03 bits per heavy atom. The molecule has 0 saturated carbocycles. The molecule has 1 amide bonds. The first-order chi connectivity index (χ1) is 15.1. The van der Waals surface area contributed by atoms with Crippen LogP contribution >= 0.6 is 11.3 Å². The maximum atomic E-state index is 13.4. The second-order valence-electron chi connectivity index (χ2n) is 7.62. The van der Waals surface area contributed by atoms with Crippen molar-refractivity contribution in [2.45, 2.75) is 19.5 Å². The summed E-state index contributed by atoms with van der Waals surface area (Å²) >= 11 is 1.61. The maximum Gasteiger partial charge on any atom is 0.255 e. The molecule has 0 fully saturated rings. The van der Waals surface area contributed by atoms with Gasteiger partial charge in [-0.15, -0.1) is 11.3 Å². The van der Waals surface area contributed by atoms with Gasteiger partial charge in [-0.3, -0.25) is 9.59 Å². The van der Waals surface area contributed by atoms with Crippen LogP contribution in [-0.2, 0) is 6.54 Å². The molecule has 6 heteroatoms. The summed E-state index contributed by atoms with van der Waals surface area (Å²) in [5.41, 5.74) is 4.94. The molecule has 0 saturated heterocycles. The third-order valence-electron chi connectivity index (χ3n) is 5.60. The molecule has 0 aliphatic carbocycles. The van der Waals surface area contributed by atoms with Crippen LogP contribution in [0.4, 0.5) is 10.7 Å². The van der Waals surface area contributed by atoms with E-state index < -0.39 is 6.04 Å². The van der Waals surface area contributed by atoms with Gasteiger partial charge < -0.3 is 15.2 Å². The minimum Gasteiger partial charge on any atom is -0.362 e. The second-order valence-corrected chi connectivity index (χ2v) is 8.54. The van der Waals surface area contributed by atoms with E-state index in [-0.39, 0.29) is 11.7 Å². The first-order valence-corrected chi connectivity index (χ1v) is 11.0. The minimum absolute atomic E-state index is 0.00187. The van der Waals surface area contributed by atoms with Gasteiger partial charge in [-0.05, 0) is 66.4 Å². The molecular formula is C25H21N3O2S. The van der Waals surface area contributed by atoms with Gasteiger partial charge in [-0.1, -0.05) is 18.2 Å². The highest BCUT2D eigenvalue weighted by molar-refractivity contribution is 7.14. The minimum atomic E-state index is -0.456. The topological polar surface area (TPSA) is 63.1 Å². The van der Waals surface area contributed by atoms with Crippen molar-refractivity contribution in [2.75, 3.05) is 10.6 Å². The van der Waals surface area contributed by atoms with Crippen molar-refractivity contribution < 1.29 is 9.59 Å². The summed E-state index contributed by atoms with van der Waals surface area (Å²) in [5, 5.41) is 9.41. The molecule has 1 aliphatic rings. The predicted molar refractivity (Wildman–Crippen MR) is 124 cm³/mol. The van der Waals surface area contributed by atoms with Gasteiger partial charge in [0, 0.05) is 34.3 Å². The van der Waals surface area contributed by atoms with E-state index in [0.29, 0.717) is 16.8 Å². The number of hydrogen-bond donors (Lipinski definition) is 2. The fourth-order valence-electron chi connectivity index (χ4n) is 3.92. The summed E-state index contributed by atoms with van der Waals surface area (Å²) < 4.78 is 2.12. The standard InChI is InChI=1S/C25H21N3O2S/c1-16-5-2-3-6-20(16)24(30)26-19-10-8-17(9-11-19)23(29)22-21-7-4-13-28(21)15-18-12-14-31-25(18)27-22/h2-14,22,27H,15H2,1H3,(H,26,30). The lowest BCUT2D eigenvalue weighted by molar-refractivity contribution is 0.0966. The van der Waals surface area contributed by atoms with Crippen molar-refractivity contribution in [3.63, 3.8) is 0 Å². The molecule has 2 N–H and O–H groups in total. The molecule has 2 aromatic carbocycles. The lowest BCUT2D eigenvalue weighted by atomic mass is 10.0. The van der Waals surface area contributed by atoms with Gasteiger partial charge in [0.05, 0.1) is 11.5 Å². The van der Waals surface area contributed by atoms with Crippen LogP contribution in [0.1, 0.15) is 43.6 Å². The summed E-state index contributed by atoms with van der Waals surface area (Å²) in [5.74, 6) is -0.163. The van der Waals surface area contributed by atoms with Gasteiger partial charge in [0.25, 0.3) is 5.91 Å². The highest BCUT2D eigenvalue weighted by Gasteiger charge is 2.28. The van der Waals surface area contributed by atoms with Crippen molar-refractivity contribution in [1.82, 2.24) is 4.57 Å². The monoisotopic (exact) mass is 427 g/mol. The largest absolute Gasteiger partial charge is 0.362 e. The molecule has 154 valence electrons. The summed E-state index contributed by atoms with van der Waals surface area (Å²) in [7, 11) is 0. The number of rotatable bonds is 4. The first-order valence-electron chi connectivity index (χ1n) is 10.1. The molecule has 31 heavy (non-hydrogen) atoms. The third-order valence-corrected chi connectivity index (χ3v) is 6.49. The molecule has 4 aromatic rings. The van der Waals surface area contributed by atoms with E-state index in [1.165, 1.54) is 5.56 Å². The number of carbonyl (C=O) groups is 2. The Morgan fingerprint density at radius 3 is 2.65 bits per heavy atom.